The van der Waals surface area contributed by atoms with Crippen LogP contribution < -0.4 is 16.0 Å². The fourth-order valence-electron chi connectivity index (χ4n) is 1.99. The molecule has 3 N–H and O–H groups in total. The number of carbonyl (C=O) groups excluding carboxylic acids is 1. The van der Waals surface area contributed by atoms with Gasteiger partial charge in [-0.25, -0.2) is 4.99 Å². The van der Waals surface area contributed by atoms with Crippen LogP contribution in [0.5, 0.6) is 0 Å². The Labute approximate surface area is 154 Å². The van der Waals surface area contributed by atoms with Crippen LogP contribution >= 0.6 is 23.2 Å². The third kappa shape index (κ3) is 6.61. The molecule has 8 heteroatoms. The topological polar surface area (TPSA) is 70.5 Å². The van der Waals surface area contributed by atoms with Gasteiger partial charge in [0, 0.05) is 38.3 Å². The highest BCUT2D eigenvalue weighted by Gasteiger charge is 2.09. The summed E-state index contributed by atoms with van der Waals surface area (Å²) in [6.07, 6.45) is 1.32. The van der Waals surface area contributed by atoms with E-state index in [2.05, 4.69) is 20.9 Å². The second kappa shape index (κ2) is 10.5. The summed E-state index contributed by atoms with van der Waals surface area (Å²) in [6.45, 7) is 7.72. The first-order chi connectivity index (χ1) is 11.4. The highest BCUT2D eigenvalue weighted by Crippen LogP contribution is 2.25. The maximum atomic E-state index is 11.8. The minimum absolute atomic E-state index is 0.0358. The number of carbonyl (C=O) groups is 1. The Kier molecular flexibility index (Phi) is 9.00. The number of guanidine groups is 1. The molecule has 6 nitrogen and oxygen atoms in total. The Morgan fingerprint density at radius 1 is 1.33 bits per heavy atom. The molecular formula is C16H27Cl2N5O. The van der Waals surface area contributed by atoms with E-state index in [1.54, 1.807) is 10.6 Å². The lowest BCUT2D eigenvalue weighted by Gasteiger charge is -2.13. The fourth-order valence-corrected chi connectivity index (χ4v) is 2.40. The van der Waals surface area contributed by atoms with E-state index < -0.39 is 0 Å². The summed E-state index contributed by atoms with van der Waals surface area (Å²) in [5.74, 6) is 0.691. The number of halogens is 2. The summed E-state index contributed by atoms with van der Waals surface area (Å²) in [4.78, 5) is 16.3. The Morgan fingerprint density at radius 3 is 2.58 bits per heavy atom. The van der Waals surface area contributed by atoms with Crippen LogP contribution in [0.25, 0.3) is 0 Å². The Bertz CT molecular complexity index is 571. The van der Waals surface area contributed by atoms with Crippen LogP contribution in [-0.2, 0) is 18.4 Å². The summed E-state index contributed by atoms with van der Waals surface area (Å²) >= 11 is 12.1. The molecule has 24 heavy (non-hydrogen) atoms. The monoisotopic (exact) mass is 375 g/mol. The maximum Gasteiger partial charge on any atom is 0.221 e. The molecule has 0 bridgehead atoms. The van der Waals surface area contributed by atoms with Crippen molar-refractivity contribution >= 4 is 35.1 Å². The van der Waals surface area contributed by atoms with Crippen LogP contribution in [0.15, 0.2) is 11.1 Å². The van der Waals surface area contributed by atoms with Gasteiger partial charge in [-0.15, -0.1) is 0 Å². The van der Waals surface area contributed by atoms with Gasteiger partial charge in [-0.2, -0.15) is 0 Å². The molecule has 1 amide bonds. The lowest BCUT2D eigenvalue weighted by Crippen LogP contribution is -2.40. The van der Waals surface area contributed by atoms with Crippen molar-refractivity contribution in [3.8, 4) is 0 Å². The number of nitrogens with zero attached hydrogens (tertiary/aromatic N) is 2. The van der Waals surface area contributed by atoms with Crippen LogP contribution in [0, 0.1) is 0 Å². The molecule has 136 valence electrons. The number of rotatable bonds is 8. The van der Waals surface area contributed by atoms with Gasteiger partial charge in [0.05, 0.1) is 11.6 Å². The SMILES string of the molecule is CCNC(=NCc1cc(Cl)c(Cl)n1C)NCCC(=O)NC(C)CC. The molecular weight excluding hydrogens is 349 g/mol. The first-order valence-corrected chi connectivity index (χ1v) is 8.95. The minimum atomic E-state index is 0.0358. The van der Waals surface area contributed by atoms with Crippen molar-refractivity contribution < 1.29 is 4.79 Å². The second-order valence-electron chi connectivity index (χ2n) is 5.58. The van der Waals surface area contributed by atoms with Crippen LogP contribution in [-0.4, -0.2) is 35.6 Å². The van der Waals surface area contributed by atoms with Gasteiger partial charge < -0.3 is 20.5 Å². The summed E-state index contributed by atoms with van der Waals surface area (Å²) in [5.41, 5.74) is 0.914. The van der Waals surface area contributed by atoms with E-state index in [-0.39, 0.29) is 11.9 Å². The van der Waals surface area contributed by atoms with Crippen LogP contribution in [0.2, 0.25) is 10.2 Å². The molecule has 1 aromatic rings. The maximum absolute atomic E-state index is 11.8. The van der Waals surface area contributed by atoms with Crippen molar-refractivity contribution in [2.75, 3.05) is 13.1 Å². The van der Waals surface area contributed by atoms with Gasteiger partial charge in [-0.3, -0.25) is 4.79 Å². The fraction of sp³-hybridized carbons (Fsp3) is 0.625. The quantitative estimate of drug-likeness (QED) is 0.483. The third-order valence-corrected chi connectivity index (χ3v) is 4.47. The van der Waals surface area contributed by atoms with Crippen molar-refractivity contribution in [3.05, 3.63) is 21.9 Å². The number of nitrogens with one attached hydrogen (secondary N) is 3. The zero-order valence-corrected chi connectivity index (χ0v) is 16.3. The predicted octanol–water partition coefficient (Wildman–Crippen LogP) is 2.69. The molecule has 0 aliphatic rings. The molecule has 0 saturated carbocycles. The number of hydrogen-bond acceptors (Lipinski definition) is 2. The molecule has 1 aromatic heterocycles. The van der Waals surface area contributed by atoms with E-state index >= 15 is 0 Å². The van der Waals surface area contributed by atoms with E-state index in [0.717, 1.165) is 18.7 Å². The van der Waals surface area contributed by atoms with Crippen molar-refractivity contribution in [2.24, 2.45) is 12.0 Å². The summed E-state index contributed by atoms with van der Waals surface area (Å²) in [5, 5.41) is 10.3. The van der Waals surface area contributed by atoms with Crippen LogP contribution in [0.1, 0.15) is 39.3 Å². The van der Waals surface area contributed by atoms with E-state index in [9.17, 15) is 4.79 Å². The van der Waals surface area contributed by atoms with E-state index in [1.165, 1.54) is 0 Å². The van der Waals surface area contributed by atoms with Gasteiger partial charge in [0.2, 0.25) is 5.91 Å². The molecule has 1 unspecified atom stereocenters. The number of aromatic nitrogens is 1. The van der Waals surface area contributed by atoms with Gasteiger partial charge in [0.15, 0.2) is 5.96 Å². The molecule has 1 atom stereocenters. The Hall–Kier alpha value is -1.40. The van der Waals surface area contributed by atoms with Gasteiger partial charge in [0.1, 0.15) is 5.15 Å². The number of amides is 1. The predicted molar refractivity (Wildman–Crippen MR) is 101 cm³/mol. The lowest BCUT2D eigenvalue weighted by molar-refractivity contribution is -0.121. The summed E-state index contributed by atoms with van der Waals surface area (Å²) < 4.78 is 1.80. The van der Waals surface area contributed by atoms with Crippen LogP contribution in [0.3, 0.4) is 0 Å². The summed E-state index contributed by atoms with van der Waals surface area (Å²) in [7, 11) is 1.85. The molecule has 0 aliphatic heterocycles. The highest BCUT2D eigenvalue weighted by atomic mass is 35.5. The van der Waals surface area contributed by atoms with Crippen molar-refractivity contribution in [2.45, 2.75) is 46.2 Å². The van der Waals surface area contributed by atoms with E-state index in [4.69, 9.17) is 23.2 Å². The largest absolute Gasteiger partial charge is 0.357 e. The molecule has 0 radical (unpaired) electrons. The molecule has 0 aliphatic carbocycles. The van der Waals surface area contributed by atoms with E-state index in [0.29, 0.717) is 35.6 Å². The van der Waals surface area contributed by atoms with Gasteiger partial charge in [0.25, 0.3) is 0 Å². The Balaban J connectivity index is 2.54. The number of hydrogen-bond donors (Lipinski definition) is 3. The molecule has 1 rings (SSSR count). The van der Waals surface area contributed by atoms with E-state index in [1.807, 2.05) is 27.8 Å². The van der Waals surface area contributed by atoms with Gasteiger partial charge in [-0.05, 0) is 26.3 Å². The van der Waals surface area contributed by atoms with Gasteiger partial charge in [-0.1, -0.05) is 30.1 Å². The van der Waals surface area contributed by atoms with Crippen LogP contribution in [0.4, 0.5) is 0 Å². The second-order valence-corrected chi connectivity index (χ2v) is 6.35. The first kappa shape index (κ1) is 20.6. The molecule has 0 saturated heterocycles. The lowest BCUT2D eigenvalue weighted by atomic mass is 10.2. The number of aliphatic imine (C=N–C) groups is 1. The van der Waals surface area contributed by atoms with Crippen molar-refractivity contribution in [1.29, 1.82) is 0 Å². The molecule has 0 spiro atoms. The minimum Gasteiger partial charge on any atom is -0.357 e. The smallest absolute Gasteiger partial charge is 0.221 e. The summed E-state index contributed by atoms with van der Waals surface area (Å²) in [6, 6.07) is 2.00. The molecule has 0 fully saturated rings. The molecule has 0 aromatic carbocycles. The van der Waals surface area contributed by atoms with Gasteiger partial charge >= 0.3 is 0 Å². The Morgan fingerprint density at radius 2 is 2.04 bits per heavy atom. The zero-order chi connectivity index (χ0) is 18.1. The molecule has 1 heterocycles. The van der Waals surface area contributed by atoms with Crippen molar-refractivity contribution in [3.63, 3.8) is 0 Å². The average Bonchev–Trinajstić information content (AvgIpc) is 2.79. The first-order valence-electron chi connectivity index (χ1n) is 8.20. The van der Waals surface area contributed by atoms with Crippen molar-refractivity contribution in [1.82, 2.24) is 20.5 Å². The third-order valence-electron chi connectivity index (χ3n) is 3.62. The standard InChI is InChI=1S/C16H27Cl2N5O/c1-5-11(3)22-14(24)7-8-20-16(19-6-2)21-10-12-9-13(17)15(18)23(12)4/h9,11H,5-8,10H2,1-4H3,(H,22,24)(H2,19,20,21). The normalized spacial score (nSPS) is 12.8. The average molecular weight is 376 g/mol. The highest BCUT2D eigenvalue weighted by molar-refractivity contribution is 6.41. The zero-order valence-electron chi connectivity index (χ0n) is 14.7.